The first-order valence-corrected chi connectivity index (χ1v) is 16.4. The van der Waals surface area contributed by atoms with Gasteiger partial charge < -0.3 is 0 Å². The molecule has 6 nitrogen and oxygen atoms in total. The van der Waals surface area contributed by atoms with Crippen molar-refractivity contribution < 1.29 is 9.59 Å². The molecule has 8 aromatic rings. The van der Waals surface area contributed by atoms with Crippen molar-refractivity contribution in [2.75, 3.05) is 0 Å². The molecule has 0 aliphatic carbocycles. The van der Waals surface area contributed by atoms with Crippen LogP contribution < -0.4 is 0 Å². The normalized spacial score (nSPS) is 11.2. The first-order chi connectivity index (χ1) is 24.4. The second-order valence-corrected chi connectivity index (χ2v) is 12.2. The van der Waals surface area contributed by atoms with E-state index in [1.54, 1.807) is 13.8 Å². The molecule has 6 heteroatoms. The van der Waals surface area contributed by atoms with Crippen LogP contribution in [0.3, 0.4) is 0 Å². The lowest BCUT2D eigenvalue weighted by Crippen LogP contribution is -2.01. The lowest BCUT2D eigenvalue weighted by Gasteiger charge is -2.14. The summed E-state index contributed by atoms with van der Waals surface area (Å²) in [5.41, 5.74) is 12.0. The Morgan fingerprint density at radius 1 is 0.360 bits per heavy atom. The summed E-state index contributed by atoms with van der Waals surface area (Å²) in [6, 6.07) is 47.0. The van der Waals surface area contributed by atoms with E-state index in [1.165, 1.54) is 0 Å². The fourth-order valence-electron chi connectivity index (χ4n) is 6.43. The average Bonchev–Trinajstić information content (AvgIpc) is 3.17. The van der Waals surface area contributed by atoms with Crippen LogP contribution in [0, 0.1) is 0 Å². The molecule has 2 aromatic heterocycles. The van der Waals surface area contributed by atoms with E-state index in [-0.39, 0.29) is 11.6 Å². The Morgan fingerprint density at radius 3 is 1.12 bits per heavy atom. The second kappa shape index (κ2) is 12.7. The topological polar surface area (TPSA) is 85.7 Å². The molecule has 0 aliphatic rings. The smallest absolute Gasteiger partial charge is 0.160 e. The molecule has 0 saturated heterocycles. The molecule has 0 amide bonds. The molecule has 0 spiro atoms. The van der Waals surface area contributed by atoms with Crippen molar-refractivity contribution in [1.82, 2.24) is 19.9 Å². The predicted octanol–water partition coefficient (Wildman–Crippen LogP) is 10.3. The molecule has 238 valence electrons. The summed E-state index contributed by atoms with van der Waals surface area (Å²) in [6.07, 6.45) is 0. The van der Waals surface area contributed by atoms with Gasteiger partial charge in [-0.3, -0.25) is 9.59 Å². The molecule has 0 N–H and O–H groups in total. The molecular weight excluding hydrogens is 617 g/mol. The van der Waals surface area contributed by atoms with Crippen molar-refractivity contribution in [3.63, 3.8) is 0 Å². The third-order valence-electron chi connectivity index (χ3n) is 8.88. The molecule has 6 aromatic carbocycles. The molecular formula is C44H30N4O2. The van der Waals surface area contributed by atoms with Gasteiger partial charge in [0.15, 0.2) is 11.6 Å². The first kappa shape index (κ1) is 30.7. The number of carbonyl (C=O) groups excluding carboxylic acids is 2. The Labute approximate surface area is 289 Å². The maximum atomic E-state index is 12.7. The zero-order valence-electron chi connectivity index (χ0n) is 27.5. The van der Waals surface area contributed by atoms with E-state index < -0.39 is 0 Å². The summed E-state index contributed by atoms with van der Waals surface area (Å²) >= 11 is 0. The zero-order valence-corrected chi connectivity index (χ0v) is 27.5. The summed E-state index contributed by atoms with van der Waals surface area (Å²) in [5.74, 6) is -0.0681. The van der Waals surface area contributed by atoms with Crippen molar-refractivity contribution in [2.24, 2.45) is 0 Å². The molecule has 8 rings (SSSR count). The van der Waals surface area contributed by atoms with E-state index in [0.29, 0.717) is 44.9 Å². The van der Waals surface area contributed by atoms with Crippen LogP contribution in [0.4, 0.5) is 0 Å². The zero-order chi connectivity index (χ0) is 34.2. The van der Waals surface area contributed by atoms with Crippen LogP contribution in [0.15, 0.2) is 146 Å². The SMILES string of the molecule is CC(=O)c1ccccc1-c1nc2cc(-c3ccc4nc(-c5ccccc5)c(-c5ccccc5C(C)=O)nc4c3)ccc2nc1-c1ccccc1. The van der Waals surface area contributed by atoms with Crippen LogP contribution in [-0.4, -0.2) is 31.5 Å². The summed E-state index contributed by atoms with van der Waals surface area (Å²) in [5, 5.41) is 0. The number of carbonyl (C=O) groups is 2. The van der Waals surface area contributed by atoms with Gasteiger partial charge in [0.2, 0.25) is 0 Å². The first-order valence-electron chi connectivity index (χ1n) is 16.4. The number of Topliss-reactive ketones (excluding diaryl/α,β-unsaturated/α-hetero) is 2. The van der Waals surface area contributed by atoms with Gasteiger partial charge in [0.05, 0.1) is 44.8 Å². The molecule has 0 bridgehead atoms. The molecule has 0 radical (unpaired) electrons. The highest BCUT2D eigenvalue weighted by Gasteiger charge is 2.20. The molecule has 50 heavy (non-hydrogen) atoms. The van der Waals surface area contributed by atoms with E-state index in [2.05, 4.69) is 0 Å². The fraction of sp³-hybridized carbons (Fsp3) is 0.0455. The van der Waals surface area contributed by atoms with Gasteiger partial charge in [-0.15, -0.1) is 0 Å². The Hall–Kier alpha value is -6.66. The van der Waals surface area contributed by atoms with Crippen LogP contribution >= 0.6 is 0 Å². The van der Waals surface area contributed by atoms with Gasteiger partial charge in [-0.25, -0.2) is 19.9 Å². The third-order valence-corrected chi connectivity index (χ3v) is 8.88. The maximum Gasteiger partial charge on any atom is 0.160 e. The predicted molar refractivity (Wildman–Crippen MR) is 200 cm³/mol. The van der Waals surface area contributed by atoms with Crippen LogP contribution in [0.1, 0.15) is 34.6 Å². The number of hydrogen-bond acceptors (Lipinski definition) is 6. The van der Waals surface area contributed by atoms with Crippen LogP contribution in [0.25, 0.3) is 78.2 Å². The van der Waals surface area contributed by atoms with Crippen molar-refractivity contribution in [2.45, 2.75) is 13.8 Å². The fourth-order valence-corrected chi connectivity index (χ4v) is 6.43. The van der Waals surface area contributed by atoms with Crippen molar-refractivity contribution in [1.29, 1.82) is 0 Å². The quantitative estimate of drug-likeness (QED) is 0.160. The summed E-state index contributed by atoms with van der Waals surface area (Å²) < 4.78 is 0. The van der Waals surface area contributed by atoms with Gasteiger partial charge in [-0.2, -0.15) is 0 Å². The second-order valence-electron chi connectivity index (χ2n) is 12.2. The Morgan fingerprint density at radius 2 is 0.720 bits per heavy atom. The van der Waals surface area contributed by atoms with Gasteiger partial charge in [0.1, 0.15) is 0 Å². The Kier molecular flexibility index (Phi) is 7.82. The van der Waals surface area contributed by atoms with Gasteiger partial charge >= 0.3 is 0 Å². The van der Waals surface area contributed by atoms with Crippen molar-refractivity contribution >= 4 is 33.6 Å². The molecule has 0 atom stereocenters. The summed E-state index contributed by atoms with van der Waals surface area (Å²) in [4.78, 5) is 45.9. The van der Waals surface area contributed by atoms with Gasteiger partial charge in [0.25, 0.3) is 0 Å². The number of nitrogens with zero attached hydrogens (tertiary/aromatic N) is 4. The monoisotopic (exact) mass is 646 g/mol. The van der Waals surface area contributed by atoms with E-state index in [4.69, 9.17) is 19.9 Å². The lowest BCUT2D eigenvalue weighted by atomic mass is 9.96. The number of hydrogen-bond donors (Lipinski definition) is 0. The van der Waals surface area contributed by atoms with Crippen molar-refractivity contribution in [3.05, 3.63) is 157 Å². The number of benzene rings is 6. The highest BCUT2D eigenvalue weighted by atomic mass is 16.1. The van der Waals surface area contributed by atoms with E-state index >= 15 is 0 Å². The highest BCUT2D eigenvalue weighted by Crippen LogP contribution is 2.36. The summed E-state index contributed by atoms with van der Waals surface area (Å²) in [7, 11) is 0. The minimum absolute atomic E-state index is 0.0340. The number of fused-ring (bicyclic) bond motifs is 2. The minimum atomic E-state index is -0.0340. The van der Waals surface area contributed by atoms with Crippen LogP contribution in [-0.2, 0) is 0 Å². The third kappa shape index (κ3) is 5.63. The minimum Gasteiger partial charge on any atom is -0.294 e. The maximum absolute atomic E-state index is 12.7. The molecule has 0 fully saturated rings. The largest absolute Gasteiger partial charge is 0.294 e. The van der Waals surface area contributed by atoms with E-state index in [0.717, 1.165) is 44.4 Å². The van der Waals surface area contributed by atoms with Gasteiger partial charge in [-0.1, -0.05) is 121 Å². The van der Waals surface area contributed by atoms with Crippen LogP contribution in [0.5, 0.6) is 0 Å². The number of ketones is 2. The average molecular weight is 647 g/mol. The number of rotatable bonds is 7. The molecule has 0 aliphatic heterocycles. The Bertz CT molecular complexity index is 2420. The van der Waals surface area contributed by atoms with Gasteiger partial charge in [-0.05, 0) is 49.2 Å². The standard InChI is InChI=1S/C44H30N4O2/c1-27(49)33-17-9-11-19-35(33)43-41(29-13-5-3-6-14-29)45-37-23-21-31(25-39(37)47-43)32-22-24-38-40(26-32)48-44(36-20-12-10-18-34(36)28(2)50)42(46-38)30-15-7-4-8-16-30/h3-26H,1-2H3. The lowest BCUT2D eigenvalue weighted by molar-refractivity contribution is 0.101. The molecule has 0 unspecified atom stereocenters. The van der Waals surface area contributed by atoms with Crippen molar-refractivity contribution in [3.8, 4) is 56.2 Å². The molecule has 0 saturated carbocycles. The Balaban J connectivity index is 1.30. The van der Waals surface area contributed by atoms with E-state index in [9.17, 15) is 9.59 Å². The van der Waals surface area contributed by atoms with E-state index in [1.807, 2.05) is 146 Å². The number of aromatic nitrogens is 4. The summed E-state index contributed by atoms with van der Waals surface area (Å²) in [6.45, 7) is 3.15. The molecule has 2 heterocycles. The van der Waals surface area contributed by atoms with Crippen LogP contribution in [0.2, 0.25) is 0 Å². The highest BCUT2D eigenvalue weighted by molar-refractivity contribution is 6.04. The van der Waals surface area contributed by atoms with Gasteiger partial charge in [0, 0.05) is 33.4 Å².